The van der Waals surface area contributed by atoms with Crippen molar-refractivity contribution >= 4 is 18.3 Å². The summed E-state index contributed by atoms with van der Waals surface area (Å²) in [6.45, 7) is 3.76. The Morgan fingerprint density at radius 3 is 2.44 bits per heavy atom. The van der Waals surface area contributed by atoms with Gasteiger partial charge in [-0.25, -0.2) is 0 Å². The Morgan fingerprint density at radius 2 is 1.88 bits per heavy atom. The SMILES string of the molecule is Cc1cc(C(O)C(O)CCS)c(C)cc1N. The first-order valence-electron chi connectivity index (χ1n) is 5.31. The molecule has 0 fully saturated rings. The molecule has 1 rings (SSSR count). The molecule has 0 amide bonds. The number of aryl methyl sites for hydroxylation is 2. The van der Waals surface area contributed by atoms with Crippen molar-refractivity contribution in [1.29, 1.82) is 0 Å². The Bertz CT molecular complexity index is 368. The van der Waals surface area contributed by atoms with Crippen molar-refractivity contribution in [3.63, 3.8) is 0 Å². The molecule has 0 spiro atoms. The number of nitrogens with two attached hydrogens (primary N) is 1. The maximum atomic E-state index is 9.99. The lowest BCUT2D eigenvalue weighted by Crippen LogP contribution is -2.19. The maximum Gasteiger partial charge on any atom is 0.105 e. The molecule has 0 aliphatic carbocycles. The lowest BCUT2D eigenvalue weighted by molar-refractivity contribution is 0.0168. The van der Waals surface area contributed by atoms with Gasteiger partial charge in [0, 0.05) is 5.69 Å². The summed E-state index contributed by atoms with van der Waals surface area (Å²) in [5.41, 5.74) is 9.02. The minimum atomic E-state index is -0.869. The molecule has 0 radical (unpaired) electrons. The summed E-state index contributed by atoms with van der Waals surface area (Å²) >= 11 is 4.04. The standard InChI is InChI=1S/C12H19NO2S/c1-7-6-10(13)8(2)5-9(7)12(15)11(14)3-4-16/h5-6,11-12,14-16H,3-4,13H2,1-2H3. The molecule has 1 aromatic carbocycles. The minimum Gasteiger partial charge on any atom is -0.399 e. The summed E-state index contributed by atoms with van der Waals surface area (Å²) in [5, 5.41) is 19.7. The molecular weight excluding hydrogens is 222 g/mol. The minimum absolute atomic E-state index is 0.465. The van der Waals surface area contributed by atoms with E-state index in [1.165, 1.54) is 0 Å². The van der Waals surface area contributed by atoms with E-state index in [4.69, 9.17) is 5.73 Å². The third-order valence-corrected chi connectivity index (χ3v) is 3.02. The van der Waals surface area contributed by atoms with Crippen LogP contribution < -0.4 is 5.73 Å². The Hall–Kier alpha value is -0.710. The second kappa shape index (κ2) is 5.57. The lowest BCUT2D eigenvalue weighted by Gasteiger charge is -2.20. The van der Waals surface area contributed by atoms with Crippen molar-refractivity contribution in [3.05, 3.63) is 28.8 Å². The number of benzene rings is 1. The normalized spacial score (nSPS) is 14.8. The third kappa shape index (κ3) is 2.90. The topological polar surface area (TPSA) is 66.5 Å². The van der Waals surface area contributed by atoms with Crippen LogP contribution in [0.25, 0.3) is 0 Å². The van der Waals surface area contributed by atoms with E-state index in [1.807, 2.05) is 26.0 Å². The molecule has 2 unspecified atom stereocenters. The van der Waals surface area contributed by atoms with Crippen LogP contribution in [0.4, 0.5) is 5.69 Å². The van der Waals surface area contributed by atoms with Crippen LogP contribution in [-0.2, 0) is 0 Å². The number of hydrogen-bond donors (Lipinski definition) is 4. The van der Waals surface area contributed by atoms with Crippen LogP contribution >= 0.6 is 12.6 Å². The molecule has 4 heteroatoms. The van der Waals surface area contributed by atoms with Gasteiger partial charge in [-0.1, -0.05) is 6.07 Å². The van der Waals surface area contributed by atoms with Crippen LogP contribution in [0.15, 0.2) is 12.1 Å². The van der Waals surface area contributed by atoms with Crippen LogP contribution in [-0.4, -0.2) is 22.1 Å². The fraction of sp³-hybridized carbons (Fsp3) is 0.500. The van der Waals surface area contributed by atoms with Crippen LogP contribution in [0.1, 0.15) is 29.2 Å². The van der Waals surface area contributed by atoms with E-state index >= 15 is 0 Å². The summed E-state index contributed by atoms with van der Waals surface area (Å²) in [5.74, 6) is 0.547. The van der Waals surface area contributed by atoms with E-state index in [2.05, 4.69) is 12.6 Å². The fourth-order valence-corrected chi connectivity index (χ4v) is 1.94. The van der Waals surface area contributed by atoms with Gasteiger partial charge in [0.1, 0.15) is 6.10 Å². The predicted octanol–water partition coefficient (Wildman–Crippen LogP) is 1.60. The largest absolute Gasteiger partial charge is 0.399 e. The van der Waals surface area contributed by atoms with E-state index < -0.39 is 12.2 Å². The van der Waals surface area contributed by atoms with Gasteiger partial charge in [-0.15, -0.1) is 0 Å². The molecule has 4 N–H and O–H groups in total. The van der Waals surface area contributed by atoms with Gasteiger partial charge in [-0.2, -0.15) is 12.6 Å². The molecule has 16 heavy (non-hydrogen) atoms. The van der Waals surface area contributed by atoms with E-state index in [9.17, 15) is 10.2 Å². The van der Waals surface area contributed by atoms with Crippen molar-refractivity contribution in [2.24, 2.45) is 0 Å². The van der Waals surface area contributed by atoms with Gasteiger partial charge in [0.25, 0.3) is 0 Å². The molecule has 90 valence electrons. The average molecular weight is 241 g/mol. The number of hydrogen-bond acceptors (Lipinski definition) is 4. The lowest BCUT2D eigenvalue weighted by atomic mass is 9.95. The number of anilines is 1. The summed E-state index contributed by atoms with van der Waals surface area (Å²) in [7, 11) is 0. The van der Waals surface area contributed by atoms with Crippen LogP contribution in [0.3, 0.4) is 0 Å². The molecule has 2 atom stereocenters. The Labute approximate surface area is 102 Å². The number of nitrogen functional groups attached to an aromatic ring is 1. The summed E-state index contributed by atoms with van der Waals surface area (Å²) in [4.78, 5) is 0. The Morgan fingerprint density at radius 1 is 1.25 bits per heavy atom. The fourth-order valence-electron chi connectivity index (χ4n) is 1.68. The highest BCUT2D eigenvalue weighted by Crippen LogP contribution is 2.26. The Kier molecular flexibility index (Phi) is 4.65. The predicted molar refractivity (Wildman–Crippen MR) is 69.8 cm³/mol. The summed E-state index contributed by atoms with van der Waals surface area (Å²) < 4.78 is 0. The number of aliphatic hydroxyl groups is 2. The molecule has 0 heterocycles. The first-order valence-corrected chi connectivity index (χ1v) is 5.94. The number of aliphatic hydroxyl groups excluding tert-OH is 2. The van der Waals surface area contributed by atoms with Gasteiger partial charge in [0.15, 0.2) is 0 Å². The average Bonchev–Trinajstić information content (AvgIpc) is 2.23. The first-order chi connectivity index (χ1) is 7.47. The Balaban J connectivity index is 2.99. The molecule has 0 aliphatic heterocycles. The van der Waals surface area contributed by atoms with Gasteiger partial charge in [-0.05, 0) is 48.8 Å². The van der Waals surface area contributed by atoms with E-state index in [-0.39, 0.29) is 0 Å². The molecule has 0 bridgehead atoms. The quantitative estimate of drug-likeness (QED) is 0.478. The van der Waals surface area contributed by atoms with Gasteiger partial charge < -0.3 is 15.9 Å². The molecule has 0 aliphatic rings. The van der Waals surface area contributed by atoms with Crippen LogP contribution in [0, 0.1) is 13.8 Å². The smallest absolute Gasteiger partial charge is 0.105 e. The molecule has 0 saturated carbocycles. The van der Waals surface area contributed by atoms with Gasteiger partial charge in [0.2, 0.25) is 0 Å². The van der Waals surface area contributed by atoms with Crippen molar-refractivity contribution in [3.8, 4) is 0 Å². The highest BCUT2D eigenvalue weighted by Gasteiger charge is 2.19. The zero-order valence-corrected chi connectivity index (χ0v) is 10.5. The highest BCUT2D eigenvalue weighted by molar-refractivity contribution is 7.80. The molecule has 0 aromatic heterocycles. The zero-order chi connectivity index (χ0) is 12.3. The molecule has 3 nitrogen and oxygen atoms in total. The van der Waals surface area contributed by atoms with Gasteiger partial charge >= 0.3 is 0 Å². The van der Waals surface area contributed by atoms with Crippen molar-refractivity contribution < 1.29 is 10.2 Å². The van der Waals surface area contributed by atoms with Gasteiger partial charge in [-0.3, -0.25) is 0 Å². The zero-order valence-electron chi connectivity index (χ0n) is 9.64. The second-order valence-electron chi connectivity index (χ2n) is 4.09. The summed E-state index contributed by atoms with van der Waals surface area (Å²) in [6.07, 6.45) is -1.18. The monoisotopic (exact) mass is 241 g/mol. The summed E-state index contributed by atoms with van der Waals surface area (Å²) in [6, 6.07) is 3.65. The van der Waals surface area contributed by atoms with E-state index in [0.29, 0.717) is 17.9 Å². The van der Waals surface area contributed by atoms with Crippen molar-refractivity contribution in [2.75, 3.05) is 11.5 Å². The van der Waals surface area contributed by atoms with E-state index in [0.717, 1.165) is 16.7 Å². The third-order valence-electron chi connectivity index (χ3n) is 2.76. The number of rotatable bonds is 4. The van der Waals surface area contributed by atoms with Crippen LogP contribution in [0.5, 0.6) is 0 Å². The maximum absolute atomic E-state index is 9.99. The molecule has 1 aromatic rings. The van der Waals surface area contributed by atoms with Crippen molar-refractivity contribution in [2.45, 2.75) is 32.5 Å². The first kappa shape index (κ1) is 13.4. The van der Waals surface area contributed by atoms with Crippen LogP contribution in [0.2, 0.25) is 0 Å². The molecular formula is C12H19NO2S. The molecule has 0 saturated heterocycles. The highest BCUT2D eigenvalue weighted by atomic mass is 32.1. The second-order valence-corrected chi connectivity index (χ2v) is 4.54. The van der Waals surface area contributed by atoms with E-state index in [1.54, 1.807) is 0 Å². The van der Waals surface area contributed by atoms with Crippen molar-refractivity contribution in [1.82, 2.24) is 0 Å². The number of thiol groups is 1. The van der Waals surface area contributed by atoms with Gasteiger partial charge in [0.05, 0.1) is 6.10 Å².